The number of nitrogens with zero attached hydrogens (tertiary/aromatic N) is 2. The maximum Gasteiger partial charge on any atom is 0.224 e. The maximum atomic E-state index is 12.0. The van der Waals surface area contributed by atoms with Crippen molar-refractivity contribution in [1.29, 1.82) is 0 Å². The van der Waals surface area contributed by atoms with Gasteiger partial charge < -0.3 is 16.0 Å². The van der Waals surface area contributed by atoms with Crippen LogP contribution in [0.3, 0.4) is 0 Å². The molecule has 1 aliphatic rings. The van der Waals surface area contributed by atoms with Gasteiger partial charge in [-0.25, -0.2) is 4.98 Å². The first-order valence-corrected chi connectivity index (χ1v) is 7.35. The molecule has 2 heterocycles. The van der Waals surface area contributed by atoms with Gasteiger partial charge in [-0.15, -0.1) is 0 Å². The molecule has 1 aromatic rings. The maximum absolute atomic E-state index is 12.0. The van der Waals surface area contributed by atoms with Crippen LogP contribution in [-0.2, 0) is 4.79 Å². The number of hydrogen-bond donors (Lipinski definition) is 2. The predicted molar refractivity (Wildman–Crippen MR) is 83.7 cm³/mol. The second-order valence-corrected chi connectivity index (χ2v) is 5.35. The summed E-state index contributed by atoms with van der Waals surface area (Å²) in [5.41, 5.74) is 6.25. The highest BCUT2D eigenvalue weighted by Crippen LogP contribution is 2.10. The number of pyridine rings is 1. The minimum Gasteiger partial charge on any atom is -0.389 e. The first-order chi connectivity index (χ1) is 9.66. The fraction of sp³-hybridized carbons (Fsp3) is 0.500. The van der Waals surface area contributed by atoms with Gasteiger partial charge in [0.15, 0.2) is 0 Å². The Bertz CT molecular complexity index is 469. The van der Waals surface area contributed by atoms with Crippen molar-refractivity contribution in [2.75, 3.05) is 25.0 Å². The van der Waals surface area contributed by atoms with Crippen LogP contribution in [0.1, 0.15) is 31.2 Å². The zero-order chi connectivity index (χ0) is 14.4. The molecule has 0 aliphatic carbocycles. The van der Waals surface area contributed by atoms with Crippen LogP contribution in [0.15, 0.2) is 18.3 Å². The van der Waals surface area contributed by atoms with Gasteiger partial charge in [-0.05, 0) is 31.4 Å². The molecule has 2 rings (SSSR count). The second kappa shape index (κ2) is 7.19. The van der Waals surface area contributed by atoms with Crippen molar-refractivity contribution in [3.05, 3.63) is 23.9 Å². The summed E-state index contributed by atoms with van der Waals surface area (Å²) in [6.45, 7) is 2.40. The van der Waals surface area contributed by atoms with E-state index >= 15 is 0 Å². The third-order valence-electron chi connectivity index (χ3n) is 3.40. The molecule has 1 aliphatic heterocycles. The molecule has 0 saturated carbocycles. The molecule has 20 heavy (non-hydrogen) atoms. The van der Waals surface area contributed by atoms with Crippen LogP contribution in [0.25, 0.3) is 0 Å². The van der Waals surface area contributed by atoms with E-state index in [0.29, 0.717) is 18.0 Å². The Labute approximate surface area is 124 Å². The van der Waals surface area contributed by atoms with E-state index < -0.39 is 0 Å². The van der Waals surface area contributed by atoms with E-state index in [1.807, 2.05) is 17.0 Å². The normalized spacial score (nSPS) is 14.9. The Morgan fingerprint density at radius 2 is 2.10 bits per heavy atom. The van der Waals surface area contributed by atoms with Gasteiger partial charge in [0.1, 0.15) is 10.8 Å². The van der Waals surface area contributed by atoms with Crippen molar-refractivity contribution in [2.45, 2.75) is 25.7 Å². The predicted octanol–water partition coefficient (Wildman–Crippen LogP) is 1.53. The van der Waals surface area contributed by atoms with Crippen molar-refractivity contribution in [3.8, 4) is 0 Å². The Hall–Kier alpha value is -1.69. The number of hydrogen-bond acceptors (Lipinski definition) is 4. The number of amides is 1. The van der Waals surface area contributed by atoms with Crippen molar-refractivity contribution in [3.63, 3.8) is 0 Å². The van der Waals surface area contributed by atoms with Crippen molar-refractivity contribution in [2.24, 2.45) is 5.73 Å². The summed E-state index contributed by atoms with van der Waals surface area (Å²) in [6.07, 6.45) is 5.62. The molecule has 0 unspecified atom stereocenters. The standard InChI is InChI=1S/C14H20N4OS/c15-14(20)11-4-5-12(17-10-11)16-7-6-13(19)18-8-2-1-3-9-18/h4-5,10H,1-3,6-9H2,(H2,15,20)(H,16,17). The topological polar surface area (TPSA) is 71.2 Å². The number of nitrogens with two attached hydrogens (primary N) is 1. The van der Waals surface area contributed by atoms with Gasteiger partial charge in [0.05, 0.1) is 0 Å². The number of anilines is 1. The molecule has 0 atom stereocenters. The quantitative estimate of drug-likeness (QED) is 0.805. The number of piperidine rings is 1. The van der Waals surface area contributed by atoms with Crippen LogP contribution in [0.4, 0.5) is 5.82 Å². The van der Waals surface area contributed by atoms with E-state index in [9.17, 15) is 4.79 Å². The number of nitrogens with one attached hydrogen (secondary N) is 1. The Morgan fingerprint density at radius 3 is 2.70 bits per heavy atom. The Morgan fingerprint density at radius 1 is 1.35 bits per heavy atom. The molecule has 1 aromatic heterocycles. The lowest BCUT2D eigenvalue weighted by Gasteiger charge is -2.26. The van der Waals surface area contributed by atoms with Crippen LogP contribution in [-0.4, -0.2) is 40.4 Å². The molecular formula is C14H20N4OS. The molecule has 1 fully saturated rings. The van der Waals surface area contributed by atoms with Crippen molar-refractivity contribution < 1.29 is 4.79 Å². The minimum absolute atomic E-state index is 0.219. The fourth-order valence-corrected chi connectivity index (χ4v) is 2.36. The first-order valence-electron chi connectivity index (χ1n) is 6.94. The number of aromatic nitrogens is 1. The Balaban J connectivity index is 1.74. The van der Waals surface area contributed by atoms with E-state index in [1.54, 1.807) is 6.20 Å². The SMILES string of the molecule is NC(=S)c1ccc(NCCC(=O)N2CCCCC2)nc1. The van der Waals surface area contributed by atoms with Crippen molar-refractivity contribution >= 4 is 28.9 Å². The van der Waals surface area contributed by atoms with Crippen molar-refractivity contribution in [1.82, 2.24) is 9.88 Å². The summed E-state index contributed by atoms with van der Waals surface area (Å²) >= 11 is 4.87. The Kier molecular flexibility index (Phi) is 5.29. The summed E-state index contributed by atoms with van der Waals surface area (Å²) in [5, 5.41) is 3.14. The van der Waals surface area contributed by atoms with Gasteiger partial charge in [0.25, 0.3) is 0 Å². The number of likely N-dealkylation sites (tertiary alicyclic amines) is 1. The van der Waals surface area contributed by atoms with Gasteiger partial charge in [-0.1, -0.05) is 12.2 Å². The number of thiocarbonyl (C=S) groups is 1. The highest BCUT2D eigenvalue weighted by Gasteiger charge is 2.15. The third kappa shape index (κ3) is 4.16. The van der Waals surface area contributed by atoms with E-state index in [0.717, 1.165) is 37.3 Å². The number of carbonyl (C=O) groups is 1. The molecule has 3 N–H and O–H groups in total. The minimum atomic E-state index is 0.219. The lowest BCUT2D eigenvalue weighted by atomic mass is 10.1. The average Bonchev–Trinajstić information content (AvgIpc) is 2.48. The van der Waals surface area contributed by atoms with Crippen LogP contribution >= 0.6 is 12.2 Å². The molecular weight excluding hydrogens is 272 g/mol. The molecule has 1 saturated heterocycles. The number of rotatable bonds is 5. The van der Waals surface area contributed by atoms with Crippen LogP contribution in [0.2, 0.25) is 0 Å². The zero-order valence-electron chi connectivity index (χ0n) is 11.5. The summed E-state index contributed by atoms with van der Waals surface area (Å²) in [5.74, 6) is 0.952. The molecule has 0 aromatic carbocycles. The monoisotopic (exact) mass is 292 g/mol. The zero-order valence-corrected chi connectivity index (χ0v) is 12.3. The van der Waals surface area contributed by atoms with Crippen LogP contribution < -0.4 is 11.1 Å². The van der Waals surface area contributed by atoms with Crippen LogP contribution in [0.5, 0.6) is 0 Å². The van der Waals surface area contributed by atoms with E-state index in [2.05, 4.69) is 10.3 Å². The van der Waals surface area contributed by atoms with E-state index in [1.165, 1.54) is 6.42 Å². The molecule has 0 radical (unpaired) electrons. The summed E-state index contributed by atoms with van der Waals surface area (Å²) in [4.78, 5) is 18.5. The van der Waals surface area contributed by atoms with E-state index in [4.69, 9.17) is 18.0 Å². The highest BCUT2D eigenvalue weighted by molar-refractivity contribution is 7.80. The molecule has 5 nitrogen and oxygen atoms in total. The van der Waals surface area contributed by atoms with Gasteiger partial charge in [0.2, 0.25) is 5.91 Å². The smallest absolute Gasteiger partial charge is 0.224 e. The van der Waals surface area contributed by atoms with E-state index in [-0.39, 0.29) is 5.91 Å². The largest absolute Gasteiger partial charge is 0.389 e. The third-order valence-corrected chi connectivity index (χ3v) is 3.64. The van der Waals surface area contributed by atoms with Gasteiger partial charge in [-0.3, -0.25) is 4.79 Å². The van der Waals surface area contributed by atoms with Crippen LogP contribution in [0, 0.1) is 0 Å². The molecule has 0 spiro atoms. The van der Waals surface area contributed by atoms with Gasteiger partial charge in [0, 0.05) is 37.8 Å². The summed E-state index contributed by atoms with van der Waals surface area (Å²) in [7, 11) is 0. The fourth-order valence-electron chi connectivity index (χ4n) is 2.24. The average molecular weight is 292 g/mol. The molecule has 1 amide bonds. The van der Waals surface area contributed by atoms with Gasteiger partial charge in [-0.2, -0.15) is 0 Å². The summed E-state index contributed by atoms with van der Waals surface area (Å²) in [6, 6.07) is 3.64. The summed E-state index contributed by atoms with van der Waals surface area (Å²) < 4.78 is 0. The molecule has 108 valence electrons. The van der Waals surface area contributed by atoms with Gasteiger partial charge >= 0.3 is 0 Å². The number of carbonyl (C=O) groups excluding carboxylic acids is 1. The first kappa shape index (κ1) is 14.7. The lowest BCUT2D eigenvalue weighted by Crippen LogP contribution is -2.36. The molecule has 6 heteroatoms. The second-order valence-electron chi connectivity index (χ2n) is 4.91. The highest BCUT2D eigenvalue weighted by atomic mass is 32.1. The molecule has 0 bridgehead atoms. The lowest BCUT2D eigenvalue weighted by molar-refractivity contribution is -0.131.